The molecule has 3 aliphatic rings. The zero-order chi connectivity index (χ0) is 25.4. The summed E-state index contributed by atoms with van der Waals surface area (Å²) in [6, 6.07) is 15.8. The van der Waals surface area contributed by atoms with Crippen molar-refractivity contribution < 1.29 is 0 Å². The van der Waals surface area contributed by atoms with Gasteiger partial charge in [-0.3, -0.25) is 14.8 Å². The molecule has 37 heavy (non-hydrogen) atoms. The maximum atomic E-state index is 9.56. The van der Waals surface area contributed by atoms with E-state index in [9.17, 15) is 5.26 Å². The monoisotopic (exact) mass is 496 g/mol. The number of rotatable bonds is 4. The fourth-order valence-electron chi connectivity index (χ4n) is 6.35. The molecule has 3 saturated heterocycles. The van der Waals surface area contributed by atoms with Gasteiger partial charge in [0.15, 0.2) is 0 Å². The standard InChI is InChI=1S/C29H36N8/c1-21-17-36(27-7-5-23(16-30)29-26(27)4-3-9-32-29)20-25-19-34(14-15-37(21)25)18-24-6-8-28(33-22(24)2)35-12-10-31-11-13-35/h3-9,21,25,31H,10-15,17-20H2,1-2H3. The van der Waals surface area contributed by atoms with Gasteiger partial charge in [0, 0.05) is 100 Å². The average molecular weight is 497 g/mol. The predicted octanol–water partition coefficient (Wildman–Crippen LogP) is 2.61. The number of nitriles is 1. The Morgan fingerprint density at radius 2 is 1.86 bits per heavy atom. The van der Waals surface area contributed by atoms with Crippen LogP contribution in [0.25, 0.3) is 10.9 Å². The summed E-state index contributed by atoms with van der Waals surface area (Å²) in [6.07, 6.45) is 1.78. The number of benzene rings is 1. The van der Waals surface area contributed by atoms with E-state index in [1.807, 2.05) is 12.1 Å². The number of pyridine rings is 2. The second-order valence-corrected chi connectivity index (χ2v) is 10.7. The van der Waals surface area contributed by atoms with E-state index in [-0.39, 0.29) is 0 Å². The highest BCUT2D eigenvalue weighted by atomic mass is 15.4. The lowest BCUT2D eigenvalue weighted by molar-refractivity contribution is 0.0316. The summed E-state index contributed by atoms with van der Waals surface area (Å²) >= 11 is 0. The van der Waals surface area contributed by atoms with E-state index in [1.54, 1.807) is 6.20 Å². The third-order valence-electron chi connectivity index (χ3n) is 8.32. The maximum Gasteiger partial charge on any atom is 0.128 e. The first-order chi connectivity index (χ1) is 18.1. The Morgan fingerprint density at radius 1 is 1.00 bits per heavy atom. The van der Waals surface area contributed by atoms with Gasteiger partial charge in [0.25, 0.3) is 0 Å². The first-order valence-electron chi connectivity index (χ1n) is 13.5. The van der Waals surface area contributed by atoms with E-state index in [1.165, 1.54) is 11.3 Å². The van der Waals surface area contributed by atoms with E-state index in [2.05, 4.69) is 74.1 Å². The molecule has 0 amide bonds. The quantitative estimate of drug-likeness (QED) is 0.591. The van der Waals surface area contributed by atoms with Crippen molar-refractivity contribution in [1.82, 2.24) is 25.1 Å². The van der Waals surface area contributed by atoms with Gasteiger partial charge in [0.2, 0.25) is 0 Å². The Kier molecular flexibility index (Phi) is 6.68. The van der Waals surface area contributed by atoms with Crippen LogP contribution in [0.15, 0.2) is 42.6 Å². The molecule has 0 aliphatic carbocycles. The molecule has 0 spiro atoms. The third kappa shape index (κ3) is 4.75. The maximum absolute atomic E-state index is 9.56. The Balaban J connectivity index is 1.18. The zero-order valence-corrected chi connectivity index (χ0v) is 21.9. The van der Waals surface area contributed by atoms with Crippen molar-refractivity contribution >= 4 is 22.4 Å². The first kappa shape index (κ1) is 24.1. The van der Waals surface area contributed by atoms with Crippen LogP contribution in [0.5, 0.6) is 0 Å². The Labute approximate surface area is 219 Å². The summed E-state index contributed by atoms with van der Waals surface area (Å²) in [5.41, 5.74) is 5.11. The molecule has 1 aromatic carbocycles. The van der Waals surface area contributed by atoms with Crippen molar-refractivity contribution in [3.05, 3.63) is 59.4 Å². The van der Waals surface area contributed by atoms with E-state index in [4.69, 9.17) is 4.98 Å². The summed E-state index contributed by atoms with van der Waals surface area (Å²) in [7, 11) is 0. The number of hydrogen-bond donors (Lipinski definition) is 1. The van der Waals surface area contributed by atoms with Crippen LogP contribution in [-0.2, 0) is 6.54 Å². The van der Waals surface area contributed by atoms with Gasteiger partial charge in [0.05, 0.1) is 11.1 Å². The van der Waals surface area contributed by atoms with Gasteiger partial charge < -0.3 is 15.1 Å². The minimum atomic E-state index is 0.466. The molecule has 2 aromatic heterocycles. The fraction of sp³-hybridized carbons (Fsp3) is 0.483. The second-order valence-electron chi connectivity index (χ2n) is 10.7. The molecule has 2 unspecified atom stereocenters. The number of aryl methyl sites for hydroxylation is 1. The lowest BCUT2D eigenvalue weighted by Gasteiger charge is -2.51. The molecule has 3 aliphatic heterocycles. The molecule has 0 saturated carbocycles. The van der Waals surface area contributed by atoms with Crippen LogP contribution in [0, 0.1) is 18.3 Å². The summed E-state index contributed by atoms with van der Waals surface area (Å²) in [6.45, 7) is 14.8. The summed E-state index contributed by atoms with van der Waals surface area (Å²) in [5, 5.41) is 14.0. The van der Waals surface area contributed by atoms with Crippen LogP contribution in [0.1, 0.15) is 23.7 Å². The first-order valence-corrected chi connectivity index (χ1v) is 13.5. The predicted molar refractivity (Wildman–Crippen MR) is 148 cm³/mol. The molecule has 8 nitrogen and oxygen atoms in total. The van der Waals surface area contributed by atoms with Crippen molar-refractivity contribution in [2.75, 3.05) is 68.7 Å². The number of hydrogen-bond acceptors (Lipinski definition) is 8. The summed E-state index contributed by atoms with van der Waals surface area (Å²) < 4.78 is 0. The van der Waals surface area contributed by atoms with Crippen LogP contribution in [-0.4, -0.2) is 90.8 Å². The van der Waals surface area contributed by atoms with E-state index < -0.39 is 0 Å². The molecular weight excluding hydrogens is 460 g/mol. The molecule has 1 N–H and O–H groups in total. The van der Waals surface area contributed by atoms with Crippen LogP contribution in [0.4, 0.5) is 11.5 Å². The molecule has 0 bridgehead atoms. The van der Waals surface area contributed by atoms with Crippen LogP contribution >= 0.6 is 0 Å². The summed E-state index contributed by atoms with van der Waals surface area (Å²) in [5.74, 6) is 1.11. The lowest BCUT2D eigenvalue weighted by atomic mass is 10.0. The molecule has 3 aromatic rings. The number of aromatic nitrogens is 2. The minimum absolute atomic E-state index is 0.466. The van der Waals surface area contributed by atoms with E-state index in [0.29, 0.717) is 17.6 Å². The smallest absolute Gasteiger partial charge is 0.128 e. The van der Waals surface area contributed by atoms with Crippen molar-refractivity contribution in [2.45, 2.75) is 32.5 Å². The number of anilines is 2. The van der Waals surface area contributed by atoms with Gasteiger partial charge in [-0.15, -0.1) is 0 Å². The third-order valence-corrected chi connectivity index (χ3v) is 8.32. The molecule has 6 rings (SSSR count). The SMILES string of the molecule is Cc1nc(N2CCNCC2)ccc1CN1CCN2C(C)CN(c3ccc(C#N)c4ncccc34)CC2C1. The fourth-order valence-corrected chi connectivity index (χ4v) is 6.35. The molecular formula is C29H36N8. The molecule has 5 heterocycles. The van der Waals surface area contributed by atoms with Gasteiger partial charge >= 0.3 is 0 Å². The van der Waals surface area contributed by atoms with Gasteiger partial charge in [-0.25, -0.2) is 4.98 Å². The number of fused-ring (bicyclic) bond motifs is 2. The van der Waals surface area contributed by atoms with Crippen molar-refractivity contribution in [3.63, 3.8) is 0 Å². The van der Waals surface area contributed by atoms with E-state index >= 15 is 0 Å². The molecule has 0 radical (unpaired) electrons. The average Bonchev–Trinajstić information content (AvgIpc) is 2.94. The Hall–Kier alpha value is -3.25. The zero-order valence-electron chi connectivity index (χ0n) is 21.9. The molecule has 8 heteroatoms. The highest BCUT2D eigenvalue weighted by Gasteiger charge is 2.36. The van der Waals surface area contributed by atoms with Crippen LogP contribution in [0.2, 0.25) is 0 Å². The minimum Gasteiger partial charge on any atom is -0.368 e. The van der Waals surface area contributed by atoms with Gasteiger partial charge in [-0.1, -0.05) is 6.07 Å². The Bertz CT molecular complexity index is 1310. The topological polar surface area (TPSA) is 74.6 Å². The largest absolute Gasteiger partial charge is 0.368 e. The Morgan fingerprint density at radius 3 is 2.68 bits per heavy atom. The number of piperazine rings is 3. The lowest BCUT2D eigenvalue weighted by Crippen LogP contribution is -2.65. The number of nitrogens with one attached hydrogen (secondary N) is 1. The van der Waals surface area contributed by atoms with Crippen molar-refractivity contribution in [2.24, 2.45) is 0 Å². The van der Waals surface area contributed by atoms with Crippen molar-refractivity contribution in [3.8, 4) is 6.07 Å². The molecule has 2 atom stereocenters. The van der Waals surface area contributed by atoms with Crippen molar-refractivity contribution in [1.29, 1.82) is 5.26 Å². The van der Waals surface area contributed by atoms with E-state index in [0.717, 1.165) is 87.9 Å². The highest BCUT2D eigenvalue weighted by molar-refractivity contribution is 5.95. The number of nitrogens with zero attached hydrogens (tertiary/aromatic N) is 7. The highest BCUT2D eigenvalue weighted by Crippen LogP contribution is 2.32. The van der Waals surface area contributed by atoms with Gasteiger partial charge in [-0.05, 0) is 49.7 Å². The summed E-state index contributed by atoms with van der Waals surface area (Å²) in [4.78, 5) is 19.7. The van der Waals surface area contributed by atoms with Crippen LogP contribution in [0.3, 0.4) is 0 Å². The van der Waals surface area contributed by atoms with Crippen LogP contribution < -0.4 is 15.1 Å². The van der Waals surface area contributed by atoms with Gasteiger partial charge in [0.1, 0.15) is 11.9 Å². The molecule has 3 fully saturated rings. The second kappa shape index (κ2) is 10.3. The molecule has 192 valence electrons. The normalized spacial score (nSPS) is 23.2. The van der Waals surface area contributed by atoms with Gasteiger partial charge in [-0.2, -0.15) is 5.26 Å².